The predicted molar refractivity (Wildman–Crippen MR) is 101 cm³/mol. The van der Waals surface area contributed by atoms with E-state index in [1.54, 1.807) is 24.4 Å². The van der Waals surface area contributed by atoms with E-state index in [9.17, 15) is 9.59 Å². The second-order valence-corrected chi connectivity index (χ2v) is 6.08. The number of aryl methyl sites for hydroxylation is 1. The molecule has 0 aliphatic carbocycles. The molecular weight excluding hydrogens is 344 g/mol. The Bertz CT molecular complexity index is 942. The van der Waals surface area contributed by atoms with Crippen molar-refractivity contribution >= 4 is 17.6 Å². The average Bonchev–Trinajstić information content (AvgIpc) is 3.02. The molecule has 0 saturated heterocycles. The highest BCUT2D eigenvalue weighted by Crippen LogP contribution is 2.32. The van der Waals surface area contributed by atoms with Crippen LogP contribution in [0.3, 0.4) is 0 Å². The zero-order chi connectivity index (χ0) is 19.4. The third-order valence-corrected chi connectivity index (χ3v) is 4.21. The maximum absolute atomic E-state index is 12.7. The minimum Gasteiger partial charge on any atom is -0.465 e. The molecular formula is C21H22N2O4. The summed E-state index contributed by atoms with van der Waals surface area (Å²) in [5, 5.41) is 0. The van der Waals surface area contributed by atoms with Gasteiger partial charge in [0.15, 0.2) is 5.92 Å². The van der Waals surface area contributed by atoms with E-state index in [4.69, 9.17) is 9.47 Å². The summed E-state index contributed by atoms with van der Waals surface area (Å²) in [7, 11) is 0. The Morgan fingerprint density at radius 1 is 1.00 bits per heavy atom. The van der Waals surface area contributed by atoms with Crippen LogP contribution in [0.15, 0.2) is 48.7 Å². The van der Waals surface area contributed by atoms with Gasteiger partial charge in [-0.3, -0.25) is 9.59 Å². The number of fused-ring (bicyclic) bond motifs is 1. The van der Waals surface area contributed by atoms with Gasteiger partial charge < -0.3 is 13.9 Å². The summed E-state index contributed by atoms with van der Waals surface area (Å²) in [6.45, 7) is 5.75. The lowest BCUT2D eigenvalue weighted by atomic mass is 9.99. The molecule has 6 heteroatoms. The Morgan fingerprint density at radius 2 is 1.63 bits per heavy atom. The first-order valence-electron chi connectivity index (χ1n) is 8.94. The van der Waals surface area contributed by atoms with Gasteiger partial charge in [0.1, 0.15) is 5.65 Å². The number of imidazole rings is 1. The number of aromatic nitrogens is 2. The summed E-state index contributed by atoms with van der Waals surface area (Å²) >= 11 is 0. The van der Waals surface area contributed by atoms with Crippen LogP contribution in [0.25, 0.3) is 16.9 Å². The van der Waals surface area contributed by atoms with E-state index in [0.717, 1.165) is 11.1 Å². The summed E-state index contributed by atoms with van der Waals surface area (Å²) in [5.41, 5.74) is 3.58. The number of hydrogen-bond acceptors (Lipinski definition) is 5. The molecule has 0 bridgehead atoms. The Balaban J connectivity index is 2.25. The smallest absolute Gasteiger partial charge is 0.326 e. The normalized spacial score (nSPS) is 11.0. The number of nitrogens with zero attached hydrogens (tertiary/aromatic N) is 2. The maximum Gasteiger partial charge on any atom is 0.326 e. The van der Waals surface area contributed by atoms with E-state index in [-0.39, 0.29) is 13.2 Å². The number of hydrogen-bond donors (Lipinski definition) is 0. The topological polar surface area (TPSA) is 69.9 Å². The van der Waals surface area contributed by atoms with Crippen LogP contribution < -0.4 is 0 Å². The highest BCUT2D eigenvalue weighted by Gasteiger charge is 2.37. The maximum atomic E-state index is 12.7. The molecule has 0 atom stereocenters. The predicted octanol–water partition coefficient (Wildman–Crippen LogP) is 3.52. The molecule has 0 unspecified atom stereocenters. The molecule has 2 aromatic heterocycles. The second kappa shape index (κ2) is 8.03. The van der Waals surface area contributed by atoms with Gasteiger partial charge in [-0.1, -0.05) is 35.9 Å². The van der Waals surface area contributed by atoms with Crippen LogP contribution in [0.1, 0.15) is 31.0 Å². The summed E-state index contributed by atoms with van der Waals surface area (Å²) in [4.78, 5) is 30.0. The first-order chi connectivity index (χ1) is 13.1. The van der Waals surface area contributed by atoms with Crippen molar-refractivity contribution in [1.29, 1.82) is 0 Å². The zero-order valence-corrected chi connectivity index (χ0v) is 15.6. The molecule has 0 fully saturated rings. The van der Waals surface area contributed by atoms with Gasteiger partial charge in [0, 0.05) is 11.8 Å². The standard InChI is InChI=1S/C21H22N2O4/c1-4-26-20(24)17(21(25)27-5-2)19-18(15-11-9-14(3)10-12-15)22-16-8-6-7-13-23(16)19/h6-13,17H,4-5H2,1-3H3. The molecule has 1 aromatic carbocycles. The molecule has 6 nitrogen and oxygen atoms in total. The zero-order valence-electron chi connectivity index (χ0n) is 15.6. The van der Waals surface area contributed by atoms with Crippen LogP contribution in [0, 0.1) is 6.92 Å². The fraction of sp³-hybridized carbons (Fsp3) is 0.286. The van der Waals surface area contributed by atoms with Crippen LogP contribution in [0.5, 0.6) is 0 Å². The monoisotopic (exact) mass is 366 g/mol. The number of rotatable bonds is 6. The quantitative estimate of drug-likeness (QED) is 0.493. The largest absolute Gasteiger partial charge is 0.465 e. The van der Waals surface area contributed by atoms with E-state index < -0.39 is 17.9 Å². The molecule has 140 valence electrons. The molecule has 0 spiro atoms. The lowest BCUT2D eigenvalue weighted by Crippen LogP contribution is -2.27. The van der Waals surface area contributed by atoms with Crippen molar-refractivity contribution in [2.45, 2.75) is 26.7 Å². The lowest BCUT2D eigenvalue weighted by Gasteiger charge is -2.16. The molecule has 0 N–H and O–H groups in total. The summed E-state index contributed by atoms with van der Waals surface area (Å²) < 4.78 is 12.1. The third-order valence-electron chi connectivity index (χ3n) is 4.21. The molecule has 2 heterocycles. The third kappa shape index (κ3) is 3.69. The summed E-state index contributed by atoms with van der Waals surface area (Å²) in [6.07, 6.45) is 1.78. The molecule has 0 amide bonds. The Hall–Kier alpha value is -3.15. The molecule has 0 aliphatic heterocycles. The number of pyridine rings is 1. The molecule has 0 saturated carbocycles. The van der Waals surface area contributed by atoms with Gasteiger partial charge in [-0.25, -0.2) is 4.98 Å². The van der Waals surface area contributed by atoms with Crippen molar-refractivity contribution in [2.24, 2.45) is 0 Å². The van der Waals surface area contributed by atoms with E-state index in [2.05, 4.69) is 4.98 Å². The Kier molecular flexibility index (Phi) is 5.54. The van der Waals surface area contributed by atoms with Crippen LogP contribution in [0.2, 0.25) is 0 Å². The van der Waals surface area contributed by atoms with Gasteiger partial charge in [0.2, 0.25) is 0 Å². The van der Waals surface area contributed by atoms with Crippen molar-refractivity contribution in [3.63, 3.8) is 0 Å². The van der Waals surface area contributed by atoms with Crippen LogP contribution in [0.4, 0.5) is 0 Å². The second-order valence-electron chi connectivity index (χ2n) is 6.08. The highest BCUT2D eigenvalue weighted by atomic mass is 16.6. The molecule has 0 radical (unpaired) electrons. The van der Waals surface area contributed by atoms with Gasteiger partial charge in [-0.2, -0.15) is 0 Å². The van der Waals surface area contributed by atoms with E-state index >= 15 is 0 Å². The van der Waals surface area contributed by atoms with Crippen molar-refractivity contribution < 1.29 is 19.1 Å². The molecule has 0 aliphatic rings. The number of esters is 2. The van der Waals surface area contributed by atoms with Crippen molar-refractivity contribution in [2.75, 3.05) is 13.2 Å². The molecule has 3 rings (SSSR count). The van der Waals surface area contributed by atoms with Crippen LogP contribution in [-0.2, 0) is 19.1 Å². The number of ether oxygens (including phenoxy) is 2. The average molecular weight is 366 g/mol. The minimum atomic E-state index is -1.21. The summed E-state index contributed by atoms with van der Waals surface area (Å²) in [5.74, 6) is -2.50. The SMILES string of the molecule is CCOC(=O)C(C(=O)OCC)c1c(-c2ccc(C)cc2)nc2ccccn12. The van der Waals surface area contributed by atoms with Crippen molar-refractivity contribution in [3.05, 3.63) is 59.9 Å². The molecule has 27 heavy (non-hydrogen) atoms. The number of carbonyl (C=O) groups excluding carboxylic acids is 2. The Labute approximate surface area is 157 Å². The fourth-order valence-electron chi connectivity index (χ4n) is 2.99. The van der Waals surface area contributed by atoms with Crippen molar-refractivity contribution in [1.82, 2.24) is 9.38 Å². The van der Waals surface area contributed by atoms with Gasteiger partial charge in [-0.15, -0.1) is 0 Å². The lowest BCUT2D eigenvalue weighted by molar-refractivity contribution is -0.157. The van der Waals surface area contributed by atoms with E-state index in [1.807, 2.05) is 49.4 Å². The van der Waals surface area contributed by atoms with Gasteiger partial charge in [0.25, 0.3) is 0 Å². The minimum absolute atomic E-state index is 0.172. The fourth-order valence-corrected chi connectivity index (χ4v) is 2.99. The summed E-state index contributed by atoms with van der Waals surface area (Å²) in [6, 6.07) is 13.3. The first-order valence-corrected chi connectivity index (χ1v) is 8.94. The van der Waals surface area contributed by atoms with Gasteiger partial charge in [-0.05, 0) is 32.9 Å². The van der Waals surface area contributed by atoms with Crippen molar-refractivity contribution in [3.8, 4) is 11.3 Å². The molecule has 3 aromatic rings. The van der Waals surface area contributed by atoms with Crippen LogP contribution >= 0.6 is 0 Å². The van der Waals surface area contributed by atoms with E-state index in [1.165, 1.54) is 0 Å². The van der Waals surface area contributed by atoms with E-state index in [0.29, 0.717) is 17.0 Å². The van der Waals surface area contributed by atoms with Crippen LogP contribution in [-0.4, -0.2) is 34.5 Å². The number of carbonyl (C=O) groups is 2. The Morgan fingerprint density at radius 3 is 2.22 bits per heavy atom. The highest BCUT2D eigenvalue weighted by molar-refractivity contribution is 6.02. The van der Waals surface area contributed by atoms with Gasteiger partial charge in [0.05, 0.1) is 24.6 Å². The van der Waals surface area contributed by atoms with Gasteiger partial charge >= 0.3 is 11.9 Å². The number of benzene rings is 1. The first kappa shape index (κ1) is 18.6.